The minimum Gasteiger partial charge on any atom is -0.508 e. The summed E-state index contributed by atoms with van der Waals surface area (Å²) >= 11 is 0. The van der Waals surface area contributed by atoms with Crippen LogP contribution in [0.3, 0.4) is 0 Å². The third kappa shape index (κ3) is 5.88. The van der Waals surface area contributed by atoms with Gasteiger partial charge in [-0.3, -0.25) is 0 Å². The quantitative estimate of drug-likeness (QED) is 0.178. The lowest BCUT2D eigenvalue weighted by molar-refractivity contribution is 0.158. The Hall–Kier alpha value is -3.08. The first-order valence-corrected chi connectivity index (χ1v) is 12.3. The second-order valence-electron chi connectivity index (χ2n) is 9.25. The molecule has 0 spiro atoms. The fourth-order valence-corrected chi connectivity index (χ4v) is 4.72. The van der Waals surface area contributed by atoms with E-state index in [1.807, 2.05) is 60.7 Å². The number of unbranched alkanes of at least 4 members (excludes halogenated alkanes) is 5. The van der Waals surface area contributed by atoms with E-state index >= 15 is 0 Å². The standard InChI is InChI=1S/C30H34O4/c31-27(25-17-21-11-7-9-13-23(21)19-29(25)33)15-5-3-1-2-4-6-16-28(32)26-18-22-12-8-10-14-24(22)20-30(26)34/h7-14,17-20,27-28,31-34H,1-6,15-16H2. The van der Waals surface area contributed by atoms with Gasteiger partial charge in [-0.25, -0.2) is 0 Å². The van der Waals surface area contributed by atoms with Crippen LogP contribution < -0.4 is 0 Å². The molecule has 4 aromatic rings. The molecule has 0 aromatic heterocycles. The van der Waals surface area contributed by atoms with Crippen LogP contribution in [0.4, 0.5) is 0 Å². The highest BCUT2D eigenvalue weighted by molar-refractivity contribution is 5.85. The third-order valence-corrected chi connectivity index (χ3v) is 6.71. The molecule has 2 atom stereocenters. The Morgan fingerprint density at radius 2 is 0.794 bits per heavy atom. The first-order valence-electron chi connectivity index (χ1n) is 12.3. The Morgan fingerprint density at radius 1 is 0.471 bits per heavy atom. The molecule has 0 fully saturated rings. The minimum absolute atomic E-state index is 0.155. The molecule has 178 valence electrons. The van der Waals surface area contributed by atoms with Gasteiger partial charge in [-0.05, 0) is 58.7 Å². The fourth-order valence-electron chi connectivity index (χ4n) is 4.72. The molecule has 0 aliphatic rings. The van der Waals surface area contributed by atoms with Crippen LogP contribution in [0.1, 0.15) is 74.7 Å². The second kappa shape index (κ2) is 11.4. The summed E-state index contributed by atoms with van der Waals surface area (Å²) in [6, 6.07) is 22.9. The summed E-state index contributed by atoms with van der Waals surface area (Å²) in [5, 5.41) is 45.6. The number of aromatic hydroxyl groups is 2. The van der Waals surface area contributed by atoms with Crippen LogP contribution in [-0.4, -0.2) is 20.4 Å². The van der Waals surface area contributed by atoms with Gasteiger partial charge in [0.15, 0.2) is 0 Å². The molecule has 4 nitrogen and oxygen atoms in total. The fraction of sp³-hybridized carbons (Fsp3) is 0.333. The number of aliphatic hydroxyl groups excluding tert-OH is 2. The topological polar surface area (TPSA) is 80.9 Å². The summed E-state index contributed by atoms with van der Waals surface area (Å²) in [5.74, 6) is 0.310. The lowest BCUT2D eigenvalue weighted by Gasteiger charge is -2.14. The summed E-state index contributed by atoms with van der Waals surface area (Å²) in [4.78, 5) is 0. The number of phenols is 2. The maximum absolute atomic E-state index is 10.6. The maximum Gasteiger partial charge on any atom is 0.122 e. The molecule has 4 rings (SSSR count). The van der Waals surface area contributed by atoms with Gasteiger partial charge < -0.3 is 20.4 Å². The Morgan fingerprint density at radius 3 is 1.18 bits per heavy atom. The molecule has 0 amide bonds. The van der Waals surface area contributed by atoms with E-state index in [1.165, 1.54) is 0 Å². The van der Waals surface area contributed by atoms with Crippen molar-refractivity contribution in [2.24, 2.45) is 0 Å². The average molecular weight is 459 g/mol. The smallest absolute Gasteiger partial charge is 0.122 e. The van der Waals surface area contributed by atoms with Gasteiger partial charge in [0.05, 0.1) is 12.2 Å². The summed E-state index contributed by atoms with van der Waals surface area (Å²) in [7, 11) is 0. The molecule has 0 aliphatic carbocycles. The van der Waals surface area contributed by atoms with Crippen molar-refractivity contribution in [1.82, 2.24) is 0 Å². The number of benzene rings is 4. The highest BCUT2D eigenvalue weighted by atomic mass is 16.3. The second-order valence-corrected chi connectivity index (χ2v) is 9.25. The van der Waals surface area contributed by atoms with Crippen LogP contribution in [0, 0.1) is 0 Å². The number of hydrogen-bond acceptors (Lipinski definition) is 4. The van der Waals surface area contributed by atoms with Gasteiger partial charge >= 0.3 is 0 Å². The van der Waals surface area contributed by atoms with E-state index in [0.717, 1.165) is 60.1 Å². The molecule has 0 saturated carbocycles. The van der Waals surface area contributed by atoms with Crippen LogP contribution in [0.25, 0.3) is 21.5 Å². The number of rotatable bonds is 11. The molecule has 0 bridgehead atoms. The van der Waals surface area contributed by atoms with Gasteiger partial charge in [0.2, 0.25) is 0 Å². The Labute approximate surface area is 201 Å². The van der Waals surface area contributed by atoms with Crippen LogP contribution in [0.2, 0.25) is 0 Å². The number of phenolic OH excluding ortho intramolecular Hbond substituents is 2. The molecule has 4 N–H and O–H groups in total. The number of hydrogen-bond donors (Lipinski definition) is 4. The highest BCUT2D eigenvalue weighted by Gasteiger charge is 2.14. The molecule has 0 radical (unpaired) electrons. The molecule has 4 aromatic carbocycles. The van der Waals surface area contributed by atoms with Crippen LogP contribution in [0.15, 0.2) is 72.8 Å². The molecular weight excluding hydrogens is 424 g/mol. The van der Waals surface area contributed by atoms with Crippen molar-refractivity contribution < 1.29 is 20.4 Å². The van der Waals surface area contributed by atoms with E-state index in [9.17, 15) is 20.4 Å². The third-order valence-electron chi connectivity index (χ3n) is 6.71. The molecule has 0 saturated heterocycles. The predicted molar refractivity (Wildman–Crippen MR) is 138 cm³/mol. The maximum atomic E-state index is 10.6. The van der Waals surface area contributed by atoms with E-state index in [4.69, 9.17) is 0 Å². The molecular formula is C30H34O4. The van der Waals surface area contributed by atoms with Gasteiger partial charge in [-0.2, -0.15) is 0 Å². The zero-order valence-electron chi connectivity index (χ0n) is 19.5. The number of aliphatic hydroxyl groups is 2. The summed E-state index contributed by atoms with van der Waals surface area (Å²) in [5.41, 5.74) is 1.20. The molecule has 0 heterocycles. The van der Waals surface area contributed by atoms with Gasteiger partial charge in [0, 0.05) is 11.1 Å². The van der Waals surface area contributed by atoms with Crippen LogP contribution in [0.5, 0.6) is 11.5 Å². The van der Waals surface area contributed by atoms with E-state index < -0.39 is 12.2 Å². The molecule has 0 aliphatic heterocycles. The summed E-state index contributed by atoms with van der Waals surface area (Å²) in [6.45, 7) is 0. The van der Waals surface area contributed by atoms with Crippen LogP contribution >= 0.6 is 0 Å². The number of fused-ring (bicyclic) bond motifs is 2. The van der Waals surface area contributed by atoms with E-state index in [2.05, 4.69) is 0 Å². The van der Waals surface area contributed by atoms with Gasteiger partial charge in [-0.15, -0.1) is 0 Å². The van der Waals surface area contributed by atoms with E-state index in [1.54, 1.807) is 12.1 Å². The van der Waals surface area contributed by atoms with Crippen molar-refractivity contribution in [3.63, 3.8) is 0 Å². The normalized spacial score (nSPS) is 13.4. The summed E-state index contributed by atoms with van der Waals surface area (Å²) < 4.78 is 0. The minimum atomic E-state index is -0.658. The largest absolute Gasteiger partial charge is 0.508 e. The van der Waals surface area contributed by atoms with E-state index in [0.29, 0.717) is 24.0 Å². The van der Waals surface area contributed by atoms with Gasteiger partial charge in [0.25, 0.3) is 0 Å². The molecule has 4 heteroatoms. The molecule has 2 unspecified atom stereocenters. The zero-order valence-corrected chi connectivity index (χ0v) is 19.5. The molecule has 34 heavy (non-hydrogen) atoms. The Balaban J connectivity index is 1.15. The van der Waals surface area contributed by atoms with Crippen molar-refractivity contribution in [3.8, 4) is 11.5 Å². The van der Waals surface area contributed by atoms with Crippen molar-refractivity contribution in [2.75, 3.05) is 0 Å². The van der Waals surface area contributed by atoms with Gasteiger partial charge in [-0.1, -0.05) is 87.1 Å². The summed E-state index contributed by atoms with van der Waals surface area (Å²) in [6.07, 6.45) is 5.96. The van der Waals surface area contributed by atoms with Crippen LogP contribution in [-0.2, 0) is 0 Å². The van der Waals surface area contributed by atoms with Gasteiger partial charge in [0.1, 0.15) is 11.5 Å². The Bertz CT molecular complexity index is 1140. The van der Waals surface area contributed by atoms with E-state index in [-0.39, 0.29) is 11.5 Å². The monoisotopic (exact) mass is 458 g/mol. The lowest BCUT2D eigenvalue weighted by Crippen LogP contribution is -1.99. The SMILES string of the molecule is Oc1cc2ccccc2cc1C(O)CCCCCCCCC(O)c1cc2ccccc2cc1O. The van der Waals surface area contributed by atoms with Crippen molar-refractivity contribution in [1.29, 1.82) is 0 Å². The van der Waals surface area contributed by atoms with Crippen molar-refractivity contribution >= 4 is 21.5 Å². The predicted octanol–water partition coefficient (Wildman–Crippen LogP) is 7.29. The highest BCUT2D eigenvalue weighted by Crippen LogP contribution is 2.33. The first-order chi connectivity index (χ1) is 16.5. The Kier molecular flexibility index (Phi) is 8.04. The lowest BCUT2D eigenvalue weighted by atomic mass is 9.97. The average Bonchev–Trinajstić information content (AvgIpc) is 2.84. The van der Waals surface area contributed by atoms with Crippen molar-refractivity contribution in [2.45, 2.75) is 63.6 Å². The van der Waals surface area contributed by atoms with Crippen molar-refractivity contribution in [3.05, 3.63) is 83.9 Å². The zero-order chi connectivity index (χ0) is 23.9. The first kappa shape index (κ1) is 24.1.